The third-order valence-electron chi connectivity index (χ3n) is 4.70. The lowest BCUT2D eigenvalue weighted by Crippen LogP contribution is -2.32. The van der Waals surface area contributed by atoms with Crippen LogP contribution in [0.4, 0.5) is 0 Å². The van der Waals surface area contributed by atoms with Crippen molar-refractivity contribution in [3.63, 3.8) is 0 Å². The first-order valence-electron chi connectivity index (χ1n) is 9.58. The van der Waals surface area contributed by atoms with Gasteiger partial charge in [0.25, 0.3) is 0 Å². The highest BCUT2D eigenvalue weighted by molar-refractivity contribution is 7.99. The first-order chi connectivity index (χ1) is 14.6. The Morgan fingerprint density at radius 1 is 1.10 bits per heavy atom. The van der Waals surface area contributed by atoms with Crippen molar-refractivity contribution >= 4 is 40.9 Å². The molecule has 1 N–H and O–H groups in total. The molecule has 0 spiro atoms. The molecule has 156 valence electrons. The Balaban J connectivity index is 1.54. The molecule has 0 aliphatic carbocycles. The van der Waals surface area contributed by atoms with E-state index in [-0.39, 0.29) is 17.8 Å². The Bertz CT molecular complexity index is 1000. The van der Waals surface area contributed by atoms with Gasteiger partial charge in [0.1, 0.15) is 0 Å². The minimum Gasteiger partial charge on any atom is -0.376 e. The fourth-order valence-electron chi connectivity index (χ4n) is 3.19. The molecule has 2 aromatic carbocycles. The molecule has 2 heterocycles. The summed E-state index contributed by atoms with van der Waals surface area (Å²) in [4.78, 5) is 12.3. The number of thioether (sulfide) groups is 1. The number of halogens is 2. The lowest BCUT2D eigenvalue weighted by molar-refractivity contribution is -0.119. The Kier molecular flexibility index (Phi) is 6.94. The van der Waals surface area contributed by atoms with E-state index >= 15 is 0 Å². The van der Waals surface area contributed by atoms with Crippen molar-refractivity contribution in [3.8, 4) is 17.1 Å². The number of carbonyl (C=O) groups is 1. The number of ether oxygens (including phenoxy) is 1. The van der Waals surface area contributed by atoms with E-state index in [9.17, 15) is 4.79 Å². The Morgan fingerprint density at radius 2 is 1.80 bits per heavy atom. The van der Waals surface area contributed by atoms with Gasteiger partial charge in [0, 0.05) is 34.4 Å². The number of carbonyl (C=O) groups excluding carboxylic acids is 1. The predicted octanol–water partition coefficient (Wildman–Crippen LogP) is 4.63. The van der Waals surface area contributed by atoms with Crippen molar-refractivity contribution in [2.45, 2.75) is 24.1 Å². The Morgan fingerprint density at radius 3 is 2.47 bits per heavy atom. The zero-order chi connectivity index (χ0) is 20.9. The molecule has 1 fully saturated rings. The van der Waals surface area contributed by atoms with Crippen LogP contribution in [0.1, 0.15) is 12.8 Å². The van der Waals surface area contributed by atoms with Crippen LogP contribution in [0.25, 0.3) is 17.1 Å². The minimum atomic E-state index is -0.0609. The second kappa shape index (κ2) is 9.83. The van der Waals surface area contributed by atoms with Gasteiger partial charge >= 0.3 is 0 Å². The molecule has 0 saturated carbocycles. The number of aromatic nitrogens is 3. The standard InChI is InChI=1S/C21H20Cl2N4O2S/c22-15-5-3-14(4-6-15)20-25-26-21(27(20)17-9-7-16(23)8-10-17)30-13-19(28)24-12-18-2-1-11-29-18/h3-10,18H,1-2,11-13H2,(H,24,28)/t18-/m1/s1. The third kappa shape index (κ3) is 5.16. The normalized spacial score (nSPS) is 16.0. The molecule has 1 amide bonds. The molecular weight excluding hydrogens is 443 g/mol. The highest BCUT2D eigenvalue weighted by Crippen LogP contribution is 2.29. The van der Waals surface area contributed by atoms with Gasteiger partial charge in [0.05, 0.1) is 11.9 Å². The topological polar surface area (TPSA) is 69.0 Å². The molecule has 4 rings (SSSR count). The van der Waals surface area contributed by atoms with Gasteiger partial charge in [-0.25, -0.2) is 0 Å². The smallest absolute Gasteiger partial charge is 0.230 e. The monoisotopic (exact) mass is 462 g/mol. The molecule has 0 unspecified atom stereocenters. The van der Waals surface area contributed by atoms with Crippen LogP contribution < -0.4 is 5.32 Å². The summed E-state index contributed by atoms with van der Waals surface area (Å²) in [7, 11) is 0. The average Bonchev–Trinajstić information content (AvgIpc) is 3.42. The number of amides is 1. The minimum absolute atomic E-state index is 0.0609. The second-order valence-corrected chi connectivity index (χ2v) is 8.67. The molecule has 1 aliphatic rings. The molecule has 1 atom stereocenters. The van der Waals surface area contributed by atoms with Crippen LogP contribution in [0.5, 0.6) is 0 Å². The van der Waals surface area contributed by atoms with Crippen molar-refractivity contribution in [3.05, 3.63) is 58.6 Å². The maximum absolute atomic E-state index is 12.3. The Labute approximate surface area is 188 Å². The summed E-state index contributed by atoms with van der Waals surface area (Å²) in [6.07, 6.45) is 2.16. The lowest BCUT2D eigenvalue weighted by Gasteiger charge is -2.12. The van der Waals surface area contributed by atoms with Crippen molar-refractivity contribution in [1.29, 1.82) is 0 Å². The summed E-state index contributed by atoms with van der Waals surface area (Å²) in [5.41, 5.74) is 1.73. The van der Waals surface area contributed by atoms with Crippen LogP contribution in [0.3, 0.4) is 0 Å². The maximum atomic E-state index is 12.3. The summed E-state index contributed by atoms with van der Waals surface area (Å²) >= 11 is 13.4. The van der Waals surface area contributed by atoms with Crippen LogP contribution in [0.15, 0.2) is 53.7 Å². The molecular formula is C21H20Cl2N4O2S. The molecule has 30 heavy (non-hydrogen) atoms. The maximum Gasteiger partial charge on any atom is 0.230 e. The summed E-state index contributed by atoms with van der Waals surface area (Å²) < 4.78 is 7.46. The third-order valence-corrected chi connectivity index (χ3v) is 6.14. The van der Waals surface area contributed by atoms with Crippen LogP contribution in [0, 0.1) is 0 Å². The zero-order valence-corrected chi connectivity index (χ0v) is 18.4. The van der Waals surface area contributed by atoms with Gasteiger partial charge in [-0.1, -0.05) is 35.0 Å². The number of hydrogen-bond donors (Lipinski definition) is 1. The predicted molar refractivity (Wildman–Crippen MR) is 120 cm³/mol. The van der Waals surface area contributed by atoms with Crippen molar-refractivity contribution in [1.82, 2.24) is 20.1 Å². The van der Waals surface area contributed by atoms with Crippen LogP contribution >= 0.6 is 35.0 Å². The van der Waals surface area contributed by atoms with E-state index in [0.717, 1.165) is 30.7 Å². The van der Waals surface area contributed by atoms with Crippen LogP contribution in [-0.4, -0.2) is 45.7 Å². The molecule has 9 heteroatoms. The van der Waals surface area contributed by atoms with E-state index in [1.165, 1.54) is 11.8 Å². The van der Waals surface area contributed by atoms with E-state index in [1.54, 1.807) is 0 Å². The fourth-order valence-corrected chi connectivity index (χ4v) is 4.22. The fraction of sp³-hybridized carbons (Fsp3) is 0.286. The SMILES string of the molecule is O=C(CSc1nnc(-c2ccc(Cl)cc2)n1-c1ccc(Cl)cc1)NC[C@H]1CCCO1. The summed E-state index contributed by atoms with van der Waals surface area (Å²) in [5, 5.41) is 13.5. The molecule has 1 aliphatic heterocycles. The van der Waals surface area contributed by atoms with Gasteiger partial charge in [-0.05, 0) is 61.4 Å². The van der Waals surface area contributed by atoms with E-state index < -0.39 is 0 Å². The number of rotatable bonds is 7. The van der Waals surface area contributed by atoms with Crippen molar-refractivity contribution in [2.75, 3.05) is 18.9 Å². The van der Waals surface area contributed by atoms with E-state index in [0.29, 0.717) is 27.6 Å². The largest absolute Gasteiger partial charge is 0.376 e. The molecule has 0 bridgehead atoms. The molecule has 1 aromatic heterocycles. The molecule has 6 nitrogen and oxygen atoms in total. The Hall–Kier alpha value is -2.06. The van der Waals surface area contributed by atoms with Gasteiger partial charge in [0.15, 0.2) is 11.0 Å². The van der Waals surface area contributed by atoms with Crippen molar-refractivity contribution < 1.29 is 9.53 Å². The molecule has 1 saturated heterocycles. The number of hydrogen-bond acceptors (Lipinski definition) is 5. The van der Waals surface area contributed by atoms with Gasteiger partial charge in [0.2, 0.25) is 5.91 Å². The van der Waals surface area contributed by atoms with Crippen LogP contribution in [0.2, 0.25) is 10.0 Å². The summed E-state index contributed by atoms with van der Waals surface area (Å²) in [6.45, 7) is 1.31. The number of nitrogens with zero attached hydrogens (tertiary/aromatic N) is 3. The second-order valence-electron chi connectivity index (χ2n) is 6.85. The highest BCUT2D eigenvalue weighted by Gasteiger charge is 2.19. The van der Waals surface area contributed by atoms with Gasteiger partial charge < -0.3 is 10.1 Å². The quantitative estimate of drug-likeness (QED) is 0.518. The number of benzene rings is 2. The first kappa shape index (κ1) is 21.2. The lowest BCUT2D eigenvalue weighted by atomic mass is 10.2. The molecule has 3 aromatic rings. The van der Waals surface area contributed by atoms with E-state index in [4.69, 9.17) is 27.9 Å². The van der Waals surface area contributed by atoms with Gasteiger partial charge in [-0.3, -0.25) is 9.36 Å². The van der Waals surface area contributed by atoms with Crippen LogP contribution in [-0.2, 0) is 9.53 Å². The average molecular weight is 463 g/mol. The van der Waals surface area contributed by atoms with Gasteiger partial charge in [-0.15, -0.1) is 10.2 Å². The van der Waals surface area contributed by atoms with E-state index in [1.807, 2.05) is 53.1 Å². The van der Waals surface area contributed by atoms with E-state index in [2.05, 4.69) is 15.5 Å². The summed E-state index contributed by atoms with van der Waals surface area (Å²) in [5.74, 6) is 0.837. The highest BCUT2D eigenvalue weighted by atomic mass is 35.5. The van der Waals surface area contributed by atoms with Gasteiger partial charge in [-0.2, -0.15) is 0 Å². The first-order valence-corrected chi connectivity index (χ1v) is 11.3. The molecule has 0 radical (unpaired) electrons. The zero-order valence-electron chi connectivity index (χ0n) is 16.1. The summed E-state index contributed by atoms with van der Waals surface area (Å²) in [6, 6.07) is 14.8. The number of nitrogens with one attached hydrogen (secondary N) is 1. The van der Waals surface area contributed by atoms with Crippen molar-refractivity contribution in [2.24, 2.45) is 0 Å².